The maximum absolute atomic E-state index is 13.8. The molecule has 6 nitrogen and oxygen atoms in total. The van der Waals surface area contributed by atoms with Gasteiger partial charge in [0.1, 0.15) is 11.6 Å². The number of nitrogens with zero attached hydrogens (tertiary/aromatic N) is 3. The van der Waals surface area contributed by atoms with Crippen LogP contribution in [0.15, 0.2) is 42.5 Å². The summed E-state index contributed by atoms with van der Waals surface area (Å²) in [6.45, 7) is 3.05. The highest BCUT2D eigenvalue weighted by Gasteiger charge is 2.40. The van der Waals surface area contributed by atoms with Crippen molar-refractivity contribution >= 4 is 17.7 Å². The van der Waals surface area contributed by atoms with Crippen LogP contribution in [0.5, 0.6) is 0 Å². The van der Waals surface area contributed by atoms with Crippen molar-refractivity contribution in [3.63, 3.8) is 0 Å². The molecule has 0 N–H and O–H groups in total. The molecule has 2 aromatic carbocycles. The zero-order valence-electron chi connectivity index (χ0n) is 21.7. The molecular weight excluding hydrogens is 521 g/mol. The van der Waals surface area contributed by atoms with Gasteiger partial charge >= 0.3 is 6.18 Å². The summed E-state index contributed by atoms with van der Waals surface area (Å²) in [5.41, 5.74) is -1.15. The summed E-state index contributed by atoms with van der Waals surface area (Å²) in [6, 6.07) is 7.35. The van der Waals surface area contributed by atoms with Crippen molar-refractivity contribution < 1.29 is 36.3 Å². The summed E-state index contributed by atoms with van der Waals surface area (Å²) in [5, 5.41) is 0. The Labute approximate surface area is 223 Å². The molecule has 210 valence electrons. The topological polar surface area (TPSA) is 60.9 Å². The van der Waals surface area contributed by atoms with E-state index >= 15 is 0 Å². The van der Waals surface area contributed by atoms with Crippen LogP contribution < -0.4 is 0 Å². The van der Waals surface area contributed by atoms with E-state index in [4.69, 9.17) is 0 Å². The van der Waals surface area contributed by atoms with Crippen molar-refractivity contribution in [1.29, 1.82) is 0 Å². The number of amides is 3. The zero-order valence-corrected chi connectivity index (χ0v) is 21.7. The maximum atomic E-state index is 13.8. The van der Waals surface area contributed by atoms with Crippen molar-refractivity contribution in [2.24, 2.45) is 5.92 Å². The van der Waals surface area contributed by atoms with E-state index in [0.29, 0.717) is 56.6 Å². The number of benzene rings is 2. The molecule has 2 heterocycles. The number of carbonyl (C=O) groups excluding carboxylic acids is 3. The number of piperidine rings is 2. The Hall–Kier alpha value is -3.50. The minimum atomic E-state index is -4.96. The molecule has 0 spiro atoms. The highest BCUT2D eigenvalue weighted by atomic mass is 19.4. The fraction of sp³-hybridized carbons (Fsp3) is 0.464. The number of likely N-dealkylation sites (tertiary alicyclic amines) is 2. The molecular formula is C28H30F5N3O3. The molecule has 11 heteroatoms. The van der Waals surface area contributed by atoms with Crippen molar-refractivity contribution in [3.8, 4) is 0 Å². The van der Waals surface area contributed by atoms with E-state index in [9.17, 15) is 36.3 Å². The lowest BCUT2D eigenvalue weighted by molar-refractivity contribution is -0.141. The molecule has 0 saturated carbocycles. The van der Waals surface area contributed by atoms with Crippen molar-refractivity contribution in [3.05, 3.63) is 70.8 Å². The molecule has 0 bridgehead atoms. The van der Waals surface area contributed by atoms with Crippen molar-refractivity contribution in [2.45, 2.75) is 44.3 Å². The predicted octanol–water partition coefficient (Wildman–Crippen LogP) is 4.70. The Morgan fingerprint density at radius 3 is 2.10 bits per heavy atom. The van der Waals surface area contributed by atoms with Gasteiger partial charge in [-0.25, -0.2) is 8.78 Å². The molecule has 0 radical (unpaired) electrons. The Bertz CT molecular complexity index is 1230. The van der Waals surface area contributed by atoms with Crippen LogP contribution in [-0.2, 0) is 15.8 Å². The summed E-state index contributed by atoms with van der Waals surface area (Å²) in [6.07, 6.45) is -3.52. The average Bonchev–Trinajstić information content (AvgIpc) is 2.91. The molecule has 0 aromatic heterocycles. The molecule has 2 atom stereocenters. The number of halogens is 5. The molecule has 2 saturated heterocycles. The number of likely N-dealkylation sites (N-methyl/N-ethyl adjacent to an activating group) is 1. The normalized spacial score (nSPS) is 20.6. The smallest absolute Gasteiger partial charge is 0.343 e. The Balaban J connectivity index is 1.56. The number of alkyl halides is 3. The molecule has 2 aromatic rings. The number of hydrogen-bond acceptors (Lipinski definition) is 3. The summed E-state index contributed by atoms with van der Waals surface area (Å²) in [7, 11) is 1.47. The minimum Gasteiger partial charge on any atom is -0.343 e. The lowest BCUT2D eigenvalue weighted by Crippen LogP contribution is -2.53. The fourth-order valence-electron chi connectivity index (χ4n) is 5.57. The van der Waals surface area contributed by atoms with Crippen LogP contribution in [-0.4, -0.2) is 71.7 Å². The second-order valence-corrected chi connectivity index (χ2v) is 10.2. The first-order valence-corrected chi connectivity index (χ1v) is 12.8. The SMILES string of the molecule is CC(=O)N1CCC(C(=O)N2CC[C@@H](N(C)C(=O)c3ccc(F)c(C(F)(F)F)c3)[C@H](c3ccc(F)cc3)C2)CC1. The van der Waals surface area contributed by atoms with Crippen LogP contribution in [0.2, 0.25) is 0 Å². The van der Waals surface area contributed by atoms with Gasteiger partial charge in [-0.3, -0.25) is 14.4 Å². The first kappa shape index (κ1) is 28.5. The number of hydrogen-bond donors (Lipinski definition) is 0. The van der Waals surface area contributed by atoms with Crippen LogP contribution in [0.4, 0.5) is 22.0 Å². The van der Waals surface area contributed by atoms with E-state index in [1.807, 2.05) is 0 Å². The summed E-state index contributed by atoms with van der Waals surface area (Å²) in [4.78, 5) is 43.1. The van der Waals surface area contributed by atoms with Crippen molar-refractivity contribution in [1.82, 2.24) is 14.7 Å². The summed E-state index contributed by atoms with van der Waals surface area (Å²) in [5.74, 6) is -3.39. The van der Waals surface area contributed by atoms with Gasteiger partial charge in [0, 0.05) is 63.6 Å². The van der Waals surface area contributed by atoms with Gasteiger partial charge in [0.25, 0.3) is 5.91 Å². The van der Waals surface area contributed by atoms with Crippen LogP contribution in [0.25, 0.3) is 0 Å². The third kappa shape index (κ3) is 6.23. The Morgan fingerprint density at radius 2 is 1.51 bits per heavy atom. The van der Waals surface area contributed by atoms with Crippen LogP contribution >= 0.6 is 0 Å². The largest absolute Gasteiger partial charge is 0.419 e. The first-order chi connectivity index (χ1) is 18.4. The third-order valence-electron chi connectivity index (χ3n) is 7.81. The van der Waals surface area contributed by atoms with Gasteiger partial charge in [0.15, 0.2) is 0 Å². The molecule has 2 aliphatic rings. The Morgan fingerprint density at radius 1 is 0.897 bits per heavy atom. The quantitative estimate of drug-likeness (QED) is 0.518. The van der Waals surface area contributed by atoms with E-state index < -0.39 is 41.2 Å². The monoisotopic (exact) mass is 551 g/mol. The summed E-state index contributed by atoms with van der Waals surface area (Å²) < 4.78 is 67.2. The molecule has 2 fully saturated rings. The molecule has 3 amide bonds. The molecule has 4 rings (SSSR count). The van der Waals surface area contributed by atoms with Gasteiger partial charge in [0.2, 0.25) is 11.8 Å². The molecule has 0 unspecified atom stereocenters. The van der Waals surface area contributed by atoms with Gasteiger partial charge in [-0.05, 0) is 55.2 Å². The van der Waals surface area contributed by atoms with Gasteiger partial charge in [-0.1, -0.05) is 12.1 Å². The van der Waals surface area contributed by atoms with Gasteiger partial charge in [-0.2, -0.15) is 13.2 Å². The maximum Gasteiger partial charge on any atom is 0.419 e. The second-order valence-electron chi connectivity index (χ2n) is 10.2. The lowest BCUT2D eigenvalue weighted by atomic mass is 9.83. The fourth-order valence-corrected chi connectivity index (χ4v) is 5.57. The van der Waals surface area contributed by atoms with Crippen LogP contribution in [0.3, 0.4) is 0 Å². The first-order valence-electron chi connectivity index (χ1n) is 12.8. The molecule has 39 heavy (non-hydrogen) atoms. The zero-order chi connectivity index (χ0) is 28.5. The minimum absolute atomic E-state index is 0.0331. The van der Waals surface area contributed by atoms with E-state index in [2.05, 4.69) is 0 Å². The standard InChI is InChI=1S/C28H30F5N3O3/c1-17(37)35-12-9-19(10-13-35)27(39)36-14-11-25(22(16-36)18-3-6-21(29)7-4-18)34(2)26(38)20-5-8-24(30)23(15-20)28(31,32)33/h3-8,15,19,22,25H,9-14,16H2,1-2H3/t22-,25+/m0/s1. The van der Waals surface area contributed by atoms with Gasteiger partial charge in [-0.15, -0.1) is 0 Å². The highest BCUT2D eigenvalue weighted by molar-refractivity contribution is 5.94. The highest BCUT2D eigenvalue weighted by Crippen LogP contribution is 2.35. The van der Waals surface area contributed by atoms with E-state index in [1.165, 1.54) is 31.0 Å². The second kappa shape index (κ2) is 11.3. The van der Waals surface area contributed by atoms with Crippen LogP contribution in [0.1, 0.15) is 53.6 Å². The van der Waals surface area contributed by atoms with E-state index in [0.717, 1.165) is 6.07 Å². The van der Waals surface area contributed by atoms with Gasteiger partial charge < -0.3 is 14.7 Å². The average molecular weight is 552 g/mol. The molecule has 0 aliphatic carbocycles. The van der Waals surface area contributed by atoms with E-state index in [1.54, 1.807) is 21.9 Å². The number of rotatable bonds is 4. The third-order valence-corrected chi connectivity index (χ3v) is 7.81. The van der Waals surface area contributed by atoms with Crippen molar-refractivity contribution in [2.75, 3.05) is 33.2 Å². The number of carbonyl (C=O) groups is 3. The predicted molar refractivity (Wildman–Crippen MR) is 133 cm³/mol. The molecule has 2 aliphatic heterocycles. The summed E-state index contributed by atoms with van der Waals surface area (Å²) >= 11 is 0. The van der Waals surface area contributed by atoms with Crippen LogP contribution in [0, 0.1) is 17.6 Å². The van der Waals surface area contributed by atoms with E-state index in [-0.39, 0.29) is 29.8 Å². The van der Waals surface area contributed by atoms with Gasteiger partial charge in [0.05, 0.1) is 5.56 Å². The lowest BCUT2D eigenvalue weighted by Gasteiger charge is -2.44. The Kier molecular flexibility index (Phi) is 8.27.